The number of benzene rings is 3. The van der Waals surface area contributed by atoms with Crippen molar-refractivity contribution in [3.05, 3.63) is 96.1 Å². The van der Waals surface area contributed by atoms with Gasteiger partial charge in [-0.1, -0.05) is 60.7 Å². The highest BCUT2D eigenvalue weighted by Gasteiger charge is 2.47. The van der Waals surface area contributed by atoms with Gasteiger partial charge in [-0.25, -0.2) is 4.79 Å². The van der Waals surface area contributed by atoms with Gasteiger partial charge in [-0.3, -0.25) is 14.5 Å². The molecule has 3 aromatic rings. The molecule has 1 aliphatic rings. The minimum Gasteiger partial charge on any atom is -0.438 e. The summed E-state index contributed by atoms with van der Waals surface area (Å²) in [6.45, 7) is 0.128. The van der Waals surface area contributed by atoms with Crippen molar-refractivity contribution in [3.63, 3.8) is 0 Å². The number of cyclic esters (lactones) is 1. The zero-order valence-electron chi connectivity index (χ0n) is 18.6. The van der Waals surface area contributed by atoms with Gasteiger partial charge in [-0.05, 0) is 35.4 Å². The molecule has 3 aromatic carbocycles. The van der Waals surface area contributed by atoms with E-state index in [-0.39, 0.29) is 25.0 Å². The molecule has 2 N–H and O–H groups in total. The van der Waals surface area contributed by atoms with Gasteiger partial charge in [-0.2, -0.15) is 0 Å². The van der Waals surface area contributed by atoms with E-state index in [4.69, 9.17) is 9.47 Å². The molecule has 0 radical (unpaired) electrons. The predicted molar refractivity (Wildman–Crippen MR) is 127 cm³/mol. The van der Waals surface area contributed by atoms with Crippen LogP contribution < -0.4 is 10.6 Å². The Morgan fingerprint density at radius 2 is 1.59 bits per heavy atom. The number of para-hydroxylation sites is 1. The van der Waals surface area contributed by atoms with Gasteiger partial charge in [0, 0.05) is 18.5 Å². The highest BCUT2D eigenvalue weighted by molar-refractivity contribution is 5.98. The fourth-order valence-corrected chi connectivity index (χ4v) is 3.85. The molecular weight excluding hydrogens is 434 g/mol. The van der Waals surface area contributed by atoms with Gasteiger partial charge in [-0.15, -0.1) is 0 Å². The lowest BCUT2D eigenvalue weighted by Gasteiger charge is -2.24. The summed E-state index contributed by atoms with van der Waals surface area (Å²) in [6.07, 6.45) is -1.45. The van der Waals surface area contributed by atoms with Crippen molar-refractivity contribution < 1.29 is 23.9 Å². The molecule has 174 valence electrons. The highest BCUT2D eigenvalue weighted by Crippen LogP contribution is 2.35. The normalized spacial score (nSPS) is 17.2. The first-order chi connectivity index (χ1) is 16.5. The molecule has 0 aliphatic carbocycles. The first-order valence-electron chi connectivity index (χ1n) is 10.8. The van der Waals surface area contributed by atoms with Crippen LogP contribution in [0, 0.1) is 0 Å². The molecule has 0 bridgehead atoms. The SMILES string of the molecule is COCC(=O)Nc1cccc(C2OC(=O)N(Cc3ccccc3)C2C(=O)Nc2ccccc2)c1. The Balaban J connectivity index is 1.64. The first-order valence-corrected chi connectivity index (χ1v) is 10.8. The van der Waals surface area contributed by atoms with Crippen molar-refractivity contribution in [3.8, 4) is 0 Å². The molecule has 4 rings (SSSR count). The Hall–Kier alpha value is -4.17. The Bertz CT molecular complexity index is 1150. The van der Waals surface area contributed by atoms with E-state index >= 15 is 0 Å². The molecule has 34 heavy (non-hydrogen) atoms. The van der Waals surface area contributed by atoms with Crippen LogP contribution in [-0.4, -0.2) is 42.6 Å². The molecule has 2 unspecified atom stereocenters. The zero-order valence-corrected chi connectivity index (χ0v) is 18.6. The summed E-state index contributed by atoms with van der Waals surface area (Å²) in [7, 11) is 1.44. The van der Waals surface area contributed by atoms with Crippen LogP contribution in [0.2, 0.25) is 0 Å². The maximum atomic E-state index is 13.4. The topological polar surface area (TPSA) is 97.0 Å². The average molecular weight is 460 g/mol. The van der Waals surface area contributed by atoms with Gasteiger partial charge in [0.1, 0.15) is 6.61 Å². The number of hydrogen-bond acceptors (Lipinski definition) is 5. The molecule has 0 saturated carbocycles. The molecule has 1 saturated heterocycles. The molecule has 8 nitrogen and oxygen atoms in total. The summed E-state index contributed by atoms with van der Waals surface area (Å²) in [4.78, 5) is 39.7. The number of rotatable bonds is 8. The Labute approximate surface area is 197 Å². The molecule has 2 atom stereocenters. The number of carbonyl (C=O) groups is 3. The summed E-state index contributed by atoms with van der Waals surface area (Å²) in [5, 5.41) is 5.62. The van der Waals surface area contributed by atoms with Crippen molar-refractivity contribution >= 4 is 29.3 Å². The third kappa shape index (κ3) is 5.41. The molecular formula is C26H25N3O5. The van der Waals surface area contributed by atoms with E-state index < -0.39 is 18.2 Å². The second kappa shape index (κ2) is 10.6. The Morgan fingerprint density at radius 3 is 2.29 bits per heavy atom. The largest absolute Gasteiger partial charge is 0.438 e. The third-order valence-corrected chi connectivity index (χ3v) is 5.36. The van der Waals surface area contributed by atoms with E-state index in [1.807, 2.05) is 48.5 Å². The summed E-state index contributed by atoms with van der Waals surface area (Å²) in [6, 6.07) is 24.4. The van der Waals surface area contributed by atoms with E-state index in [0.29, 0.717) is 16.9 Å². The predicted octanol–water partition coefficient (Wildman–Crippen LogP) is 3.97. The van der Waals surface area contributed by atoms with E-state index in [9.17, 15) is 14.4 Å². The van der Waals surface area contributed by atoms with E-state index in [0.717, 1.165) is 5.56 Å². The number of hydrogen-bond donors (Lipinski definition) is 2. The van der Waals surface area contributed by atoms with E-state index in [1.54, 1.807) is 36.4 Å². The van der Waals surface area contributed by atoms with Gasteiger partial charge < -0.3 is 20.1 Å². The molecule has 0 spiro atoms. The molecule has 3 amide bonds. The number of methoxy groups -OCH3 is 1. The van der Waals surface area contributed by atoms with Gasteiger partial charge in [0.15, 0.2) is 12.1 Å². The number of nitrogens with zero attached hydrogens (tertiary/aromatic N) is 1. The molecule has 1 aliphatic heterocycles. The summed E-state index contributed by atoms with van der Waals surface area (Å²) in [5.41, 5.74) is 2.59. The fourth-order valence-electron chi connectivity index (χ4n) is 3.85. The maximum absolute atomic E-state index is 13.4. The number of nitrogens with one attached hydrogen (secondary N) is 2. The highest BCUT2D eigenvalue weighted by atomic mass is 16.6. The maximum Gasteiger partial charge on any atom is 0.411 e. The van der Waals surface area contributed by atoms with Gasteiger partial charge >= 0.3 is 6.09 Å². The van der Waals surface area contributed by atoms with Crippen LogP contribution >= 0.6 is 0 Å². The monoisotopic (exact) mass is 459 g/mol. The standard InChI is InChI=1S/C26H25N3O5/c1-33-17-22(30)27-21-14-8-11-19(15-21)24-23(25(31)28-20-12-6-3-7-13-20)29(26(32)34-24)16-18-9-4-2-5-10-18/h2-15,23-24H,16-17H2,1H3,(H,27,30)(H,28,31). The van der Waals surface area contributed by atoms with E-state index in [1.165, 1.54) is 12.0 Å². The minimum absolute atomic E-state index is 0.0877. The van der Waals surface area contributed by atoms with Crippen LogP contribution in [0.15, 0.2) is 84.9 Å². The van der Waals surface area contributed by atoms with Crippen LogP contribution in [0.25, 0.3) is 0 Å². The Kier molecular flexibility index (Phi) is 7.19. The number of carbonyl (C=O) groups excluding carboxylic acids is 3. The molecule has 8 heteroatoms. The smallest absolute Gasteiger partial charge is 0.411 e. The molecule has 0 aromatic heterocycles. The van der Waals surface area contributed by atoms with E-state index in [2.05, 4.69) is 10.6 Å². The summed E-state index contributed by atoms with van der Waals surface area (Å²) in [5.74, 6) is -0.682. The second-order valence-corrected chi connectivity index (χ2v) is 7.82. The lowest BCUT2D eigenvalue weighted by Crippen LogP contribution is -2.43. The van der Waals surface area contributed by atoms with Crippen molar-refractivity contribution in [2.45, 2.75) is 18.7 Å². The average Bonchev–Trinajstić information content (AvgIpc) is 3.17. The number of anilines is 2. The van der Waals surface area contributed by atoms with Crippen LogP contribution in [0.5, 0.6) is 0 Å². The van der Waals surface area contributed by atoms with Crippen LogP contribution in [0.1, 0.15) is 17.2 Å². The fraction of sp³-hybridized carbons (Fsp3) is 0.192. The zero-order chi connectivity index (χ0) is 23.9. The number of ether oxygens (including phenoxy) is 2. The van der Waals surface area contributed by atoms with Crippen LogP contribution in [0.3, 0.4) is 0 Å². The lowest BCUT2D eigenvalue weighted by atomic mass is 10.00. The van der Waals surface area contributed by atoms with Crippen LogP contribution in [-0.2, 0) is 25.6 Å². The number of amides is 3. The summed E-state index contributed by atoms with van der Waals surface area (Å²) >= 11 is 0. The molecule has 1 fully saturated rings. The van der Waals surface area contributed by atoms with Gasteiger partial charge in [0.2, 0.25) is 5.91 Å². The van der Waals surface area contributed by atoms with Crippen molar-refractivity contribution in [2.75, 3.05) is 24.4 Å². The quantitative estimate of drug-likeness (QED) is 0.531. The van der Waals surface area contributed by atoms with Gasteiger partial charge in [0.05, 0.1) is 6.54 Å². The molecule has 1 heterocycles. The van der Waals surface area contributed by atoms with Crippen LogP contribution in [0.4, 0.5) is 16.2 Å². The van der Waals surface area contributed by atoms with Crippen molar-refractivity contribution in [1.82, 2.24) is 4.90 Å². The van der Waals surface area contributed by atoms with Crippen molar-refractivity contribution in [2.24, 2.45) is 0 Å². The lowest BCUT2D eigenvalue weighted by molar-refractivity contribution is -0.121. The second-order valence-electron chi connectivity index (χ2n) is 7.82. The third-order valence-electron chi connectivity index (χ3n) is 5.36. The van der Waals surface area contributed by atoms with Gasteiger partial charge in [0.25, 0.3) is 5.91 Å². The first kappa shape index (κ1) is 23.0. The Morgan fingerprint density at radius 1 is 0.912 bits per heavy atom. The minimum atomic E-state index is -0.919. The summed E-state index contributed by atoms with van der Waals surface area (Å²) < 4.78 is 10.6. The van der Waals surface area contributed by atoms with Crippen molar-refractivity contribution in [1.29, 1.82) is 0 Å².